The van der Waals surface area contributed by atoms with E-state index >= 15 is 0 Å². The van der Waals surface area contributed by atoms with Crippen LogP contribution in [0.4, 0.5) is 5.13 Å². The SMILES string of the molecule is CCOC(=O)/C(=C/P(=O)(OC)OC)c1csc(NC(c2ccccc2)(c2ccccc2)c2ccccc2)n1. The number of nitrogens with one attached hydrogen (secondary N) is 1. The average molecular weight is 549 g/mol. The number of rotatable bonds is 11. The molecular formula is C29H29N2O5PS. The predicted molar refractivity (Wildman–Crippen MR) is 151 cm³/mol. The van der Waals surface area contributed by atoms with Gasteiger partial charge in [0.15, 0.2) is 5.13 Å². The van der Waals surface area contributed by atoms with Gasteiger partial charge in [0, 0.05) is 25.4 Å². The Bertz CT molecular complexity index is 1320. The van der Waals surface area contributed by atoms with E-state index in [0.29, 0.717) is 10.8 Å². The normalized spacial score (nSPS) is 12.2. The number of nitrogens with zero attached hydrogens (tertiary/aromatic N) is 1. The number of carbonyl (C=O) groups excluding carboxylic acids is 1. The summed E-state index contributed by atoms with van der Waals surface area (Å²) in [7, 11) is -1.16. The molecule has 0 bridgehead atoms. The molecule has 3 aromatic carbocycles. The maximum absolute atomic E-state index is 12.9. The van der Waals surface area contributed by atoms with Crippen molar-refractivity contribution in [1.82, 2.24) is 4.98 Å². The Morgan fingerprint density at radius 1 is 0.895 bits per heavy atom. The molecule has 4 rings (SSSR count). The molecule has 1 N–H and O–H groups in total. The van der Waals surface area contributed by atoms with Crippen LogP contribution in [0.25, 0.3) is 5.57 Å². The molecule has 196 valence electrons. The first-order valence-electron chi connectivity index (χ1n) is 12.0. The molecule has 0 radical (unpaired) electrons. The van der Waals surface area contributed by atoms with E-state index in [1.165, 1.54) is 25.6 Å². The third kappa shape index (κ3) is 5.79. The van der Waals surface area contributed by atoms with Crippen molar-refractivity contribution in [2.45, 2.75) is 12.5 Å². The number of benzene rings is 3. The second kappa shape index (κ2) is 12.3. The van der Waals surface area contributed by atoms with Gasteiger partial charge in [0.05, 0.1) is 17.9 Å². The maximum atomic E-state index is 12.9. The Kier molecular flexibility index (Phi) is 8.92. The monoisotopic (exact) mass is 548 g/mol. The Hall–Kier alpha value is -3.55. The molecule has 0 atom stereocenters. The number of hydrogen-bond acceptors (Lipinski definition) is 8. The van der Waals surface area contributed by atoms with Gasteiger partial charge in [-0.15, -0.1) is 11.3 Å². The standard InChI is InChI=1S/C29H29N2O5PS/c1-4-36-27(32)25(20-37(33,34-2)35-3)26-21-38-28(30-26)31-29(22-14-8-5-9-15-22,23-16-10-6-11-17-23)24-18-12-7-13-19-24/h5-21H,4H2,1-3H3,(H,30,31)/b25-20+. The van der Waals surface area contributed by atoms with Crippen molar-refractivity contribution in [2.75, 3.05) is 26.1 Å². The van der Waals surface area contributed by atoms with Gasteiger partial charge in [-0.3, -0.25) is 4.57 Å². The van der Waals surface area contributed by atoms with E-state index in [4.69, 9.17) is 18.8 Å². The minimum Gasteiger partial charge on any atom is -0.462 e. The number of ether oxygens (including phenoxy) is 1. The highest BCUT2D eigenvalue weighted by atomic mass is 32.1. The highest BCUT2D eigenvalue weighted by Gasteiger charge is 2.37. The molecule has 38 heavy (non-hydrogen) atoms. The fourth-order valence-corrected chi connectivity index (χ4v) is 5.85. The van der Waals surface area contributed by atoms with E-state index in [9.17, 15) is 9.36 Å². The summed E-state index contributed by atoms with van der Waals surface area (Å²) in [6.07, 6.45) is 0. The molecule has 0 aliphatic heterocycles. The Labute approximate surface area is 226 Å². The van der Waals surface area contributed by atoms with Gasteiger partial charge in [0.2, 0.25) is 0 Å². The van der Waals surface area contributed by atoms with Crippen LogP contribution >= 0.6 is 18.9 Å². The van der Waals surface area contributed by atoms with Gasteiger partial charge in [-0.1, -0.05) is 91.0 Å². The van der Waals surface area contributed by atoms with Crippen molar-refractivity contribution >= 4 is 35.6 Å². The van der Waals surface area contributed by atoms with E-state index in [1.54, 1.807) is 12.3 Å². The number of thiazole rings is 1. The zero-order valence-electron chi connectivity index (χ0n) is 21.4. The molecule has 1 heterocycles. The molecule has 4 aromatic rings. The summed E-state index contributed by atoms with van der Waals surface area (Å²) >= 11 is 1.32. The lowest BCUT2D eigenvalue weighted by Crippen LogP contribution is -2.38. The number of hydrogen-bond donors (Lipinski definition) is 1. The lowest BCUT2D eigenvalue weighted by Gasteiger charge is -2.36. The van der Waals surface area contributed by atoms with Crippen molar-refractivity contribution in [3.63, 3.8) is 0 Å². The minimum atomic E-state index is -3.67. The molecular weight excluding hydrogens is 519 g/mol. The first-order valence-corrected chi connectivity index (χ1v) is 14.5. The van der Waals surface area contributed by atoms with Gasteiger partial charge in [-0.05, 0) is 23.6 Å². The second-order valence-corrected chi connectivity index (χ2v) is 11.1. The fraction of sp³-hybridized carbons (Fsp3) is 0.172. The van der Waals surface area contributed by atoms with E-state index in [0.717, 1.165) is 22.5 Å². The quantitative estimate of drug-likeness (QED) is 0.0941. The highest BCUT2D eigenvalue weighted by molar-refractivity contribution is 7.57. The van der Waals surface area contributed by atoms with Crippen molar-refractivity contribution in [3.8, 4) is 0 Å². The van der Waals surface area contributed by atoms with Crippen LogP contribution in [0, 0.1) is 0 Å². The van der Waals surface area contributed by atoms with Gasteiger partial charge < -0.3 is 19.1 Å². The van der Waals surface area contributed by atoms with Crippen molar-refractivity contribution < 1.29 is 23.1 Å². The van der Waals surface area contributed by atoms with Gasteiger partial charge in [0.25, 0.3) is 0 Å². The van der Waals surface area contributed by atoms with Crippen LogP contribution in [0.15, 0.2) is 102 Å². The average Bonchev–Trinajstić information content (AvgIpc) is 3.44. The number of esters is 1. The van der Waals surface area contributed by atoms with Crippen LogP contribution in [-0.4, -0.2) is 31.8 Å². The minimum absolute atomic E-state index is 0.00733. The first-order chi connectivity index (χ1) is 18.5. The van der Waals surface area contributed by atoms with E-state index in [1.807, 2.05) is 54.6 Å². The Balaban J connectivity index is 1.87. The Morgan fingerprint density at radius 3 is 1.79 bits per heavy atom. The molecule has 7 nitrogen and oxygen atoms in total. The fourth-order valence-electron chi connectivity index (χ4n) is 4.17. The van der Waals surface area contributed by atoms with E-state index in [-0.39, 0.29) is 12.2 Å². The molecule has 0 aliphatic rings. The summed E-state index contributed by atoms with van der Waals surface area (Å²) in [5.41, 5.74) is 2.55. The predicted octanol–water partition coefficient (Wildman–Crippen LogP) is 6.94. The molecule has 9 heteroatoms. The van der Waals surface area contributed by atoms with Crippen LogP contribution < -0.4 is 5.32 Å². The van der Waals surface area contributed by atoms with Crippen molar-refractivity contribution in [1.29, 1.82) is 0 Å². The van der Waals surface area contributed by atoms with E-state index in [2.05, 4.69) is 41.7 Å². The van der Waals surface area contributed by atoms with Crippen LogP contribution in [0.1, 0.15) is 29.3 Å². The summed E-state index contributed by atoms with van der Waals surface area (Å²) in [4.78, 5) is 17.6. The highest BCUT2D eigenvalue weighted by Crippen LogP contribution is 2.50. The molecule has 0 aliphatic carbocycles. The molecule has 0 fully saturated rings. The van der Waals surface area contributed by atoms with Crippen molar-refractivity contribution in [3.05, 3.63) is 125 Å². The maximum Gasteiger partial charge on any atom is 0.354 e. The molecule has 0 saturated carbocycles. The summed E-state index contributed by atoms with van der Waals surface area (Å²) in [6, 6.07) is 30.3. The molecule has 0 saturated heterocycles. The van der Waals surface area contributed by atoms with Crippen LogP contribution in [0.2, 0.25) is 0 Å². The van der Waals surface area contributed by atoms with Crippen LogP contribution in [0.5, 0.6) is 0 Å². The summed E-state index contributed by atoms with van der Waals surface area (Å²) in [5.74, 6) is 0.488. The van der Waals surface area contributed by atoms with Crippen LogP contribution in [0.3, 0.4) is 0 Å². The zero-order valence-corrected chi connectivity index (χ0v) is 23.1. The van der Waals surface area contributed by atoms with Gasteiger partial charge in [0.1, 0.15) is 5.54 Å². The van der Waals surface area contributed by atoms with E-state index < -0.39 is 19.1 Å². The lowest BCUT2D eigenvalue weighted by molar-refractivity contribution is -0.136. The topological polar surface area (TPSA) is 86.8 Å². The van der Waals surface area contributed by atoms with Crippen molar-refractivity contribution in [2.24, 2.45) is 0 Å². The molecule has 0 unspecified atom stereocenters. The molecule has 0 amide bonds. The first kappa shape index (κ1) is 27.5. The Morgan fingerprint density at radius 2 is 1.37 bits per heavy atom. The van der Waals surface area contributed by atoms with Crippen LogP contribution in [-0.2, 0) is 28.7 Å². The third-order valence-electron chi connectivity index (χ3n) is 5.99. The van der Waals surface area contributed by atoms with Gasteiger partial charge >= 0.3 is 13.6 Å². The molecule has 1 aromatic heterocycles. The largest absolute Gasteiger partial charge is 0.462 e. The lowest BCUT2D eigenvalue weighted by atomic mass is 9.77. The summed E-state index contributed by atoms with van der Waals surface area (Å²) < 4.78 is 28.2. The van der Waals surface area contributed by atoms with Gasteiger partial charge in [-0.25, -0.2) is 9.78 Å². The second-order valence-electron chi connectivity index (χ2n) is 8.18. The summed E-state index contributed by atoms with van der Waals surface area (Å²) in [6.45, 7) is 1.85. The number of aromatic nitrogens is 1. The smallest absolute Gasteiger partial charge is 0.354 e. The third-order valence-corrected chi connectivity index (χ3v) is 8.34. The molecule has 0 spiro atoms. The van der Waals surface area contributed by atoms with Gasteiger partial charge in [-0.2, -0.15) is 0 Å². The summed E-state index contributed by atoms with van der Waals surface area (Å²) in [5, 5.41) is 5.94. The zero-order chi connectivity index (χ0) is 27.0. The number of carbonyl (C=O) groups is 1. The number of anilines is 1.